The Kier molecular flexibility index (Phi) is 6.78. The van der Waals surface area contributed by atoms with E-state index >= 15 is 0 Å². The molecule has 0 amide bonds. The lowest BCUT2D eigenvalue weighted by Gasteiger charge is -2.28. The minimum Gasteiger partial charge on any atom is -0.456 e. The third-order valence-corrected chi connectivity index (χ3v) is 12.5. The van der Waals surface area contributed by atoms with Crippen LogP contribution < -0.4 is 4.90 Å². The summed E-state index contributed by atoms with van der Waals surface area (Å²) in [5, 5.41) is 8.13. The van der Waals surface area contributed by atoms with Gasteiger partial charge in [-0.2, -0.15) is 0 Å². The van der Waals surface area contributed by atoms with Crippen LogP contribution in [0.3, 0.4) is 0 Å². The number of benzene rings is 8. The molecule has 8 aromatic carbocycles. The Morgan fingerprint density at radius 3 is 2.19 bits per heavy atom. The van der Waals surface area contributed by atoms with Crippen molar-refractivity contribution >= 4 is 82.6 Å². The zero-order chi connectivity index (χ0) is 38.6. The van der Waals surface area contributed by atoms with E-state index in [0.29, 0.717) is 5.95 Å². The third-order valence-electron chi connectivity index (χ3n) is 12.5. The minimum absolute atomic E-state index is 0.0187. The molecule has 1 aliphatic carbocycles. The molecule has 3 aromatic heterocycles. The van der Waals surface area contributed by atoms with Gasteiger partial charge in [0, 0.05) is 49.7 Å². The first-order valence-electron chi connectivity index (χ1n) is 20.2. The largest absolute Gasteiger partial charge is 0.456 e. The highest BCUT2D eigenvalue weighted by atomic mass is 16.3. The number of hydrogen-bond acceptors (Lipinski definition) is 4. The minimum atomic E-state index is -0.0677. The van der Waals surface area contributed by atoms with Gasteiger partial charge < -0.3 is 13.9 Å². The summed E-state index contributed by atoms with van der Waals surface area (Å²) in [6, 6.07) is 62.5. The molecule has 13 rings (SSSR count). The van der Waals surface area contributed by atoms with Gasteiger partial charge in [-0.15, -0.1) is 0 Å². The van der Waals surface area contributed by atoms with E-state index in [9.17, 15) is 0 Å². The fourth-order valence-corrected chi connectivity index (χ4v) is 9.83. The molecule has 0 N–H and O–H groups in total. The highest BCUT2D eigenvalue weighted by Gasteiger charge is 2.42. The van der Waals surface area contributed by atoms with Gasteiger partial charge >= 0.3 is 0 Å². The normalized spacial score (nSPS) is 16.1. The predicted octanol–water partition coefficient (Wildman–Crippen LogP) is 13.7. The van der Waals surface area contributed by atoms with Crippen LogP contribution in [0.1, 0.15) is 17.0 Å². The molecule has 2 aliphatic rings. The van der Waals surface area contributed by atoms with Gasteiger partial charge in [0.1, 0.15) is 11.2 Å². The second kappa shape index (κ2) is 12.4. The van der Waals surface area contributed by atoms with Gasteiger partial charge in [0.15, 0.2) is 0 Å². The number of fused-ring (bicyclic) bond motifs is 12. The monoisotopic (exact) mass is 754 g/mol. The first kappa shape index (κ1) is 32.3. The highest BCUT2D eigenvalue weighted by Crippen LogP contribution is 2.53. The molecule has 1 aliphatic heterocycles. The van der Waals surface area contributed by atoms with Gasteiger partial charge in [0.25, 0.3) is 0 Å². The van der Waals surface area contributed by atoms with E-state index < -0.39 is 0 Å². The molecule has 2 unspecified atom stereocenters. The number of para-hydroxylation sites is 4. The van der Waals surface area contributed by atoms with Crippen LogP contribution in [0, 0.1) is 0 Å². The summed E-state index contributed by atoms with van der Waals surface area (Å²) in [4.78, 5) is 13.1. The van der Waals surface area contributed by atoms with Crippen molar-refractivity contribution < 1.29 is 4.42 Å². The van der Waals surface area contributed by atoms with Crippen LogP contribution in [0.2, 0.25) is 0 Å². The van der Waals surface area contributed by atoms with E-state index in [1.165, 1.54) is 43.7 Å². The Balaban J connectivity index is 1.00. The average molecular weight is 755 g/mol. The number of furan rings is 1. The number of hydrogen-bond donors (Lipinski definition) is 0. The summed E-state index contributed by atoms with van der Waals surface area (Å²) in [5.41, 5.74) is 12.8. The Labute approximate surface area is 339 Å². The maximum absolute atomic E-state index is 6.80. The molecule has 0 saturated carbocycles. The van der Waals surface area contributed by atoms with E-state index in [-0.39, 0.29) is 12.0 Å². The van der Waals surface area contributed by atoms with Crippen LogP contribution in [-0.4, -0.2) is 20.6 Å². The summed E-state index contributed by atoms with van der Waals surface area (Å²) < 4.78 is 9.17. The van der Waals surface area contributed by atoms with Crippen molar-refractivity contribution in [1.29, 1.82) is 0 Å². The summed E-state index contributed by atoms with van der Waals surface area (Å²) in [7, 11) is 0. The lowest BCUT2D eigenvalue weighted by Crippen LogP contribution is -2.30. The highest BCUT2D eigenvalue weighted by molar-refractivity contribution is 6.11. The molecule has 59 heavy (non-hydrogen) atoms. The zero-order valence-electron chi connectivity index (χ0n) is 31.8. The van der Waals surface area contributed by atoms with E-state index in [1.54, 1.807) is 0 Å². The zero-order valence-corrected chi connectivity index (χ0v) is 31.8. The van der Waals surface area contributed by atoms with Gasteiger partial charge in [0.05, 0.1) is 34.0 Å². The molecule has 276 valence electrons. The molecule has 5 heteroatoms. The second-order valence-corrected chi connectivity index (χ2v) is 15.7. The lowest BCUT2D eigenvalue weighted by molar-refractivity contribution is 0.655. The fourth-order valence-electron chi connectivity index (χ4n) is 9.83. The van der Waals surface area contributed by atoms with Crippen LogP contribution in [-0.2, 0) is 0 Å². The van der Waals surface area contributed by atoms with Crippen molar-refractivity contribution in [3.8, 4) is 16.9 Å². The number of nitrogens with zero attached hydrogens (tertiary/aromatic N) is 4. The van der Waals surface area contributed by atoms with Gasteiger partial charge in [-0.1, -0.05) is 133 Å². The molecule has 5 nitrogen and oxygen atoms in total. The SMILES string of the molecule is C1=CC2C(C=C1c1ccc3c(c1)c1ccccc1n3-c1ccccc1)c1c(ccc3c1oc1ccccc13)N2c1nc(-c2ccc3ccccc3c2)c2ccccc2n1. The van der Waals surface area contributed by atoms with Crippen molar-refractivity contribution in [2.24, 2.45) is 0 Å². The van der Waals surface area contributed by atoms with Gasteiger partial charge in [0.2, 0.25) is 5.95 Å². The van der Waals surface area contributed by atoms with Crippen LogP contribution in [0.5, 0.6) is 0 Å². The maximum Gasteiger partial charge on any atom is 0.231 e. The number of rotatable bonds is 4. The maximum atomic E-state index is 6.80. The topological polar surface area (TPSA) is 47.1 Å². The fraction of sp³-hybridized carbons (Fsp3) is 0.0370. The Morgan fingerprint density at radius 2 is 1.27 bits per heavy atom. The molecule has 0 radical (unpaired) electrons. The molecular formula is C54H34N4O. The van der Waals surface area contributed by atoms with Gasteiger partial charge in [-0.05, 0) is 82.6 Å². The average Bonchev–Trinajstić information content (AvgIpc) is 3.96. The lowest BCUT2D eigenvalue weighted by atomic mass is 9.85. The molecular weight excluding hydrogens is 721 g/mol. The first-order valence-corrected chi connectivity index (χ1v) is 20.2. The summed E-state index contributed by atoms with van der Waals surface area (Å²) in [6.45, 7) is 0. The van der Waals surface area contributed by atoms with E-state index in [1.807, 2.05) is 6.07 Å². The Morgan fingerprint density at radius 1 is 0.525 bits per heavy atom. The molecule has 0 spiro atoms. The first-order chi connectivity index (χ1) is 29.2. The molecule has 0 fully saturated rings. The van der Waals surface area contributed by atoms with Crippen molar-refractivity contribution in [2.75, 3.05) is 4.90 Å². The Bertz CT molecular complexity index is 3590. The van der Waals surface area contributed by atoms with Crippen molar-refractivity contribution in [2.45, 2.75) is 12.0 Å². The molecule has 2 atom stereocenters. The molecule has 0 bridgehead atoms. The summed E-state index contributed by atoms with van der Waals surface area (Å²) in [5.74, 6) is 0.655. The quantitative estimate of drug-likeness (QED) is 0.179. The van der Waals surface area contributed by atoms with Crippen molar-refractivity contribution in [1.82, 2.24) is 14.5 Å². The van der Waals surface area contributed by atoms with Crippen LogP contribution in [0.4, 0.5) is 11.6 Å². The smallest absolute Gasteiger partial charge is 0.231 e. The van der Waals surface area contributed by atoms with E-state index in [0.717, 1.165) is 61.0 Å². The summed E-state index contributed by atoms with van der Waals surface area (Å²) >= 11 is 0. The van der Waals surface area contributed by atoms with Crippen molar-refractivity contribution in [3.05, 3.63) is 205 Å². The molecule has 4 heterocycles. The van der Waals surface area contributed by atoms with Crippen LogP contribution >= 0.6 is 0 Å². The third kappa shape index (κ3) is 4.79. The Hall–Kier alpha value is -7.76. The van der Waals surface area contributed by atoms with Crippen LogP contribution in [0.15, 0.2) is 199 Å². The number of allylic oxidation sites excluding steroid dienone is 2. The standard InChI is InChI=1S/C54H34N4O/c1-2-14-38(15-3-1)57-46-20-10-7-16-39(46)43-31-35(24-27-47(43)57)36-25-28-48-44(32-36)51-49(29-26-41-40-17-8-11-21-50(40)59-53(41)51)58(48)54-55-45-19-9-6-18-42(45)52(56-54)37-23-22-33-12-4-5-13-34(33)30-37/h1-32,44,48H. The second-order valence-electron chi connectivity index (χ2n) is 15.7. The molecule has 11 aromatic rings. The number of anilines is 2. The predicted molar refractivity (Wildman–Crippen MR) is 243 cm³/mol. The summed E-state index contributed by atoms with van der Waals surface area (Å²) in [6.07, 6.45) is 7.08. The van der Waals surface area contributed by atoms with E-state index in [4.69, 9.17) is 14.4 Å². The molecule has 0 saturated heterocycles. The van der Waals surface area contributed by atoms with E-state index in [2.05, 4.69) is 198 Å². The van der Waals surface area contributed by atoms with Gasteiger partial charge in [-0.25, -0.2) is 9.97 Å². The van der Waals surface area contributed by atoms with Crippen LogP contribution in [0.25, 0.3) is 87.9 Å². The van der Waals surface area contributed by atoms with Gasteiger partial charge in [-0.3, -0.25) is 0 Å². The van der Waals surface area contributed by atoms with Crippen molar-refractivity contribution in [3.63, 3.8) is 0 Å². The number of aromatic nitrogens is 3.